The average Bonchev–Trinajstić information content (AvgIpc) is 2.15. The molecule has 96 valence electrons. The molecule has 0 bridgehead atoms. The van der Waals surface area contributed by atoms with E-state index in [-0.39, 0.29) is 16.4 Å². The first-order valence-corrected chi connectivity index (χ1v) is 8.14. The van der Waals surface area contributed by atoms with Crippen LogP contribution < -0.4 is 4.72 Å². The summed E-state index contributed by atoms with van der Waals surface area (Å²) < 4.78 is 37.1. The van der Waals surface area contributed by atoms with Crippen molar-refractivity contribution < 1.29 is 17.7 Å². The van der Waals surface area contributed by atoms with Gasteiger partial charge in [-0.3, -0.25) is 4.21 Å². The number of para-hydroxylation sites is 1. The molecule has 2 unspecified atom stereocenters. The highest BCUT2D eigenvalue weighted by atomic mass is 32.2. The third-order valence-electron chi connectivity index (χ3n) is 2.00. The molecular weight excluding hydrogens is 262 g/mol. The topological polar surface area (TPSA) is 83.5 Å². The van der Waals surface area contributed by atoms with Crippen LogP contribution >= 0.6 is 0 Å². The number of aromatic hydroxyl groups is 1. The van der Waals surface area contributed by atoms with Gasteiger partial charge in [0.1, 0.15) is 10.6 Å². The van der Waals surface area contributed by atoms with Gasteiger partial charge >= 0.3 is 0 Å². The molecule has 2 atom stereocenters. The van der Waals surface area contributed by atoms with E-state index >= 15 is 0 Å². The second-order valence-electron chi connectivity index (χ2n) is 3.73. The number of sulfonamides is 1. The molecule has 5 nitrogen and oxygen atoms in total. The Balaban J connectivity index is 2.90. The van der Waals surface area contributed by atoms with Crippen molar-refractivity contribution in [1.82, 2.24) is 4.72 Å². The highest BCUT2D eigenvalue weighted by Crippen LogP contribution is 2.21. The Kier molecular flexibility index (Phi) is 4.67. The van der Waals surface area contributed by atoms with Crippen LogP contribution in [0.2, 0.25) is 0 Å². The molecule has 2 N–H and O–H groups in total. The first-order valence-electron chi connectivity index (χ1n) is 4.93. The molecule has 1 aromatic carbocycles. The van der Waals surface area contributed by atoms with Gasteiger partial charge in [0.2, 0.25) is 10.0 Å². The van der Waals surface area contributed by atoms with Crippen LogP contribution in [0.4, 0.5) is 0 Å². The molecular formula is C10H15NO4S2. The Morgan fingerprint density at radius 1 is 1.41 bits per heavy atom. The molecule has 0 radical (unpaired) electrons. The number of phenolic OH excluding ortho intramolecular Hbond substituents is 1. The molecule has 0 saturated heterocycles. The zero-order chi connectivity index (χ0) is 13.1. The Bertz CT molecular complexity index is 513. The molecule has 0 spiro atoms. The summed E-state index contributed by atoms with van der Waals surface area (Å²) in [4.78, 5) is -0.172. The van der Waals surface area contributed by atoms with Crippen LogP contribution in [0.25, 0.3) is 0 Å². The van der Waals surface area contributed by atoms with E-state index in [4.69, 9.17) is 0 Å². The maximum Gasteiger partial charge on any atom is 0.244 e. The van der Waals surface area contributed by atoms with Gasteiger partial charge in [0, 0.05) is 28.9 Å². The minimum atomic E-state index is -3.77. The lowest BCUT2D eigenvalue weighted by molar-refractivity contribution is 0.457. The van der Waals surface area contributed by atoms with Gasteiger partial charge in [-0.1, -0.05) is 12.1 Å². The zero-order valence-electron chi connectivity index (χ0n) is 9.58. The number of hydrogen-bond acceptors (Lipinski definition) is 4. The monoisotopic (exact) mass is 277 g/mol. The SMILES string of the molecule is CC(CS(C)=O)NS(=O)(=O)c1ccccc1O. The molecule has 0 fully saturated rings. The third-order valence-corrected chi connectivity index (χ3v) is 4.60. The van der Waals surface area contributed by atoms with Crippen molar-refractivity contribution >= 4 is 20.8 Å². The Labute approximate surface area is 103 Å². The number of benzene rings is 1. The van der Waals surface area contributed by atoms with Crippen LogP contribution in [0.5, 0.6) is 5.75 Å². The van der Waals surface area contributed by atoms with E-state index in [0.717, 1.165) is 0 Å². The van der Waals surface area contributed by atoms with Gasteiger partial charge in [-0.25, -0.2) is 13.1 Å². The fourth-order valence-corrected chi connectivity index (χ4v) is 3.63. The molecule has 0 heterocycles. The smallest absolute Gasteiger partial charge is 0.244 e. The van der Waals surface area contributed by atoms with E-state index in [1.807, 2.05) is 0 Å². The average molecular weight is 277 g/mol. The van der Waals surface area contributed by atoms with E-state index in [1.54, 1.807) is 13.0 Å². The molecule has 0 saturated carbocycles. The van der Waals surface area contributed by atoms with Crippen molar-refractivity contribution in [3.05, 3.63) is 24.3 Å². The third kappa shape index (κ3) is 4.10. The lowest BCUT2D eigenvalue weighted by Crippen LogP contribution is -2.36. The molecule has 0 aliphatic rings. The maximum absolute atomic E-state index is 11.9. The highest BCUT2D eigenvalue weighted by Gasteiger charge is 2.20. The second-order valence-corrected chi connectivity index (χ2v) is 6.89. The summed E-state index contributed by atoms with van der Waals surface area (Å²) in [6, 6.07) is 5.23. The fourth-order valence-electron chi connectivity index (χ4n) is 1.40. The lowest BCUT2D eigenvalue weighted by Gasteiger charge is -2.13. The van der Waals surface area contributed by atoms with Crippen molar-refractivity contribution in [3.8, 4) is 5.75 Å². The second kappa shape index (κ2) is 5.61. The van der Waals surface area contributed by atoms with Gasteiger partial charge in [0.25, 0.3) is 0 Å². The van der Waals surface area contributed by atoms with Crippen molar-refractivity contribution in [2.45, 2.75) is 17.9 Å². The van der Waals surface area contributed by atoms with Gasteiger partial charge < -0.3 is 5.11 Å². The quantitative estimate of drug-likeness (QED) is 0.818. The molecule has 17 heavy (non-hydrogen) atoms. The van der Waals surface area contributed by atoms with Crippen LogP contribution in [-0.4, -0.2) is 35.8 Å². The van der Waals surface area contributed by atoms with Crippen LogP contribution in [-0.2, 0) is 20.8 Å². The molecule has 1 rings (SSSR count). The number of phenols is 1. The molecule has 0 aromatic heterocycles. The van der Waals surface area contributed by atoms with Crippen molar-refractivity contribution in [1.29, 1.82) is 0 Å². The summed E-state index contributed by atoms with van der Waals surface area (Å²) in [5, 5.41) is 9.46. The first kappa shape index (κ1) is 14.1. The van der Waals surface area contributed by atoms with E-state index < -0.39 is 26.9 Å². The maximum atomic E-state index is 11.9. The fraction of sp³-hybridized carbons (Fsp3) is 0.400. The summed E-state index contributed by atoms with van der Waals surface area (Å²) in [5.74, 6) is -0.0721. The summed E-state index contributed by atoms with van der Waals surface area (Å²) in [6.07, 6.45) is 1.50. The largest absolute Gasteiger partial charge is 0.507 e. The minimum absolute atomic E-state index is 0.172. The lowest BCUT2D eigenvalue weighted by atomic mass is 10.3. The molecule has 0 aliphatic carbocycles. The highest BCUT2D eigenvalue weighted by molar-refractivity contribution is 7.89. The van der Waals surface area contributed by atoms with Crippen LogP contribution in [0, 0.1) is 0 Å². The van der Waals surface area contributed by atoms with E-state index in [0.29, 0.717) is 0 Å². The first-order chi connectivity index (χ1) is 7.83. The summed E-state index contributed by atoms with van der Waals surface area (Å²) >= 11 is 0. The van der Waals surface area contributed by atoms with Crippen LogP contribution in [0.3, 0.4) is 0 Å². The van der Waals surface area contributed by atoms with E-state index in [1.165, 1.54) is 24.5 Å². The van der Waals surface area contributed by atoms with Gasteiger partial charge in [-0.15, -0.1) is 0 Å². The number of nitrogens with one attached hydrogen (secondary N) is 1. The molecule has 0 amide bonds. The summed E-state index contributed by atoms with van der Waals surface area (Å²) in [7, 11) is -4.85. The number of hydrogen-bond donors (Lipinski definition) is 2. The minimum Gasteiger partial charge on any atom is -0.507 e. The van der Waals surface area contributed by atoms with Crippen LogP contribution in [0.1, 0.15) is 6.92 Å². The predicted octanol–water partition coefficient (Wildman–Crippen LogP) is 0.437. The van der Waals surface area contributed by atoms with Crippen LogP contribution in [0.15, 0.2) is 29.2 Å². The van der Waals surface area contributed by atoms with Gasteiger partial charge in [0.15, 0.2) is 0 Å². The Hall–Kier alpha value is -0.920. The molecule has 0 aliphatic heterocycles. The predicted molar refractivity (Wildman–Crippen MR) is 66.8 cm³/mol. The van der Waals surface area contributed by atoms with Gasteiger partial charge in [-0.05, 0) is 19.1 Å². The molecule has 1 aromatic rings. The van der Waals surface area contributed by atoms with Gasteiger partial charge in [0.05, 0.1) is 0 Å². The Morgan fingerprint density at radius 2 is 2.00 bits per heavy atom. The van der Waals surface area contributed by atoms with E-state index in [9.17, 15) is 17.7 Å². The van der Waals surface area contributed by atoms with E-state index in [2.05, 4.69) is 4.72 Å². The standard InChI is InChI=1S/C10H15NO4S2/c1-8(7-16(2)13)11-17(14,15)10-6-4-3-5-9(10)12/h3-6,8,11-12H,7H2,1-2H3. The number of rotatable bonds is 5. The summed E-state index contributed by atoms with van der Waals surface area (Å²) in [5.41, 5.74) is 0. The van der Waals surface area contributed by atoms with Crippen molar-refractivity contribution in [2.24, 2.45) is 0 Å². The van der Waals surface area contributed by atoms with Gasteiger partial charge in [-0.2, -0.15) is 0 Å². The van der Waals surface area contributed by atoms with Crippen molar-refractivity contribution in [3.63, 3.8) is 0 Å². The van der Waals surface area contributed by atoms with Crippen molar-refractivity contribution in [2.75, 3.05) is 12.0 Å². The normalized spacial score (nSPS) is 15.4. The summed E-state index contributed by atoms with van der Waals surface area (Å²) in [6.45, 7) is 1.62. The molecule has 7 heteroatoms. The zero-order valence-corrected chi connectivity index (χ0v) is 11.2. The Morgan fingerprint density at radius 3 is 2.53 bits per heavy atom.